The van der Waals surface area contributed by atoms with Crippen LogP contribution in [0.1, 0.15) is 24.9 Å². The first-order valence-corrected chi connectivity index (χ1v) is 5.64. The second kappa shape index (κ2) is 4.72. The fraction of sp³-hybridized carbons (Fsp3) is 0.333. The third-order valence-electron chi connectivity index (χ3n) is 2.78. The maximum absolute atomic E-state index is 13.7. The molecule has 0 bridgehead atoms. The number of amides is 2. The van der Waals surface area contributed by atoms with Crippen molar-refractivity contribution >= 4 is 11.9 Å². The quantitative estimate of drug-likeness (QED) is 0.897. The maximum atomic E-state index is 13.7. The van der Waals surface area contributed by atoms with Crippen molar-refractivity contribution < 1.29 is 13.6 Å². The Kier molecular flexibility index (Phi) is 3.27. The molecule has 0 aliphatic carbocycles. The van der Waals surface area contributed by atoms with Crippen LogP contribution in [0.15, 0.2) is 23.2 Å². The summed E-state index contributed by atoms with van der Waals surface area (Å²) in [5, 5.41) is 0. The van der Waals surface area contributed by atoms with Crippen molar-refractivity contribution in [2.45, 2.75) is 19.4 Å². The smallest absolute Gasteiger partial charge is 0.346 e. The number of hydrogen-bond donors (Lipinski definition) is 1. The molecule has 2 rings (SSSR count). The Labute approximate surface area is 103 Å². The Morgan fingerprint density at radius 3 is 2.83 bits per heavy atom. The average Bonchev–Trinajstić information content (AvgIpc) is 2.58. The average molecular weight is 253 g/mol. The zero-order valence-corrected chi connectivity index (χ0v) is 9.86. The molecule has 1 unspecified atom stereocenters. The van der Waals surface area contributed by atoms with E-state index in [2.05, 4.69) is 4.99 Å². The number of nitrogens with two attached hydrogens (primary N) is 1. The normalized spacial score (nSPS) is 19.3. The number of carbonyl (C=O) groups is 1. The van der Waals surface area contributed by atoms with E-state index in [-0.39, 0.29) is 11.4 Å². The number of rotatable bonds is 3. The van der Waals surface area contributed by atoms with Gasteiger partial charge in [0.05, 0.1) is 0 Å². The second-order valence-corrected chi connectivity index (χ2v) is 4.08. The molecule has 1 aliphatic rings. The van der Waals surface area contributed by atoms with E-state index >= 15 is 0 Å². The number of aliphatic imine (C=N–C) groups is 1. The highest BCUT2D eigenvalue weighted by atomic mass is 19.1. The highest BCUT2D eigenvalue weighted by Gasteiger charge is 2.35. The van der Waals surface area contributed by atoms with Crippen LogP contribution in [0.2, 0.25) is 0 Å². The first-order chi connectivity index (χ1) is 8.54. The lowest BCUT2D eigenvalue weighted by Crippen LogP contribution is -2.34. The first kappa shape index (κ1) is 12.5. The molecule has 1 aromatic carbocycles. The predicted molar refractivity (Wildman–Crippen MR) is 63.1 cm³/mol. The molecule has 0 fully saturated rings. The highest BCUT2D eigenvalue weighted by molar-refractivity contribution is 6.03. The Hall–Kier alpha value is -1.98. The van der Waals surface area contributed by atoms with Crippen molar-refractivity contribution in [3.63, 3.8) is 0 Å². The van der Waals surface area contributed by atoms with Crippen LogP contribution in [0, 0.1) is 11.6 Å². The first-order valence-electron chi connectivity index (χ1n) is 5.64. The van der Waals surface area contributed by atoms with Gasteiger partial charge in [-0.1, -0.05) is 6.92 Å². The van der Waals surface area contributed by atoms with E-state index in [0.29, 0.717) is 13.0 Å². The minimum Gasteiger partial charge on any atom is -0.385 e. The number of carbonyl (C=O) groups excluding carboxylic acids is 1. The number of urea groups is 1. The molecule has 1 aliphatic heterocycles. The largest absolute Gasteiger partial charge is 0.385 e. The van der Waals surface area contributed by atoms with Crippen LogP contribution in [0.3, 0.4) is 0 Å². The van der Waals surface area contributed by atoms with Crippen molar-refractivity contribution in [3.8, 4) is 0 Å². The zero-order valence-electron chi connectivity index (χ0n) is 9.86. The van der Waals surface area contributed by atoms with Crippen molar-refractivity contribution in [3.05, 3.63) is 35.4 Å². The molecule has 2 N–H and O–H groups in total. The van der Waals surface area contributed by atoms with Crippen molar-refractivity contribution in [1.29, 1.82) is 0 Å². The summed E-state index contributed by atoms with van der Waals surface area (Å²) in [4.78, 5) is 16.5. The maximum Gasteiger partial charge on any atom is 0.346 e. The lowest BCUT2D eigenvalue weighted by atomic mass is 10.0. The Balaban J connectivity index is 2.44. The summed E-state index contributed by atoms with van der Waals surface area (Å²) in [5.41, 5.74) is 5.68. The molecule has 1 heterocycles. The molecule has 6 heteroatoms. The molecule has 4 nitrogen and oxygen atoms in total. The number of hydrogen-bond acceptors (Lipinski definition) is 2. The van der Waals surface area contributed by atoms with Gasteiger partial charge in [0, 0.05) is 12.1 Å². The van der Waals surface area contributed by atoms with Gasteiger partial charge in [0.2, 0.25) is 0 Å². The summed E-state index contributed by atoms with van der Waals surface area (Å²) in [6.45, 7) is 2.27. The minimum absolute atomic E-state index is 0.00190. The number of amidine groups is 1. The second-order valence-electron chi connectivity index (χ2n) is 4.08. The van der Waals surface area contributed by atoms with Crippen molar-refractivity contribution in [1.82, 2.24) is 4.90 Å². The fourth-order valence-electron chi connectivity index (χ4n) is 2.02. The standard InChI is InChI=1S/C12H13F2N3O/c1-2-5-17-10(11(15)16-12(17)18)8-6-7(13)3-4-9(8)14/h3-4,6,10H,2,5H2,1H3,(H2,15,16,18). The van der Waals surface area contributed by atoms with Crippen LogP contribution in [-0.4, -0.2) is 23.3 Å². The van der Waals surface area contributed by atoms with E-state index in [0.717, 1.165) is 18.2 Å². The van der Waals surface area contributed by atoms with Gasteiger partial charge >= 0.3 is 6.03 Å². The molecule has 1 atom stereocenters. The van der Waals surface area contributed by atoms with Gasteiger partial charge in [-0.3, -0.25) is 0 Å². The predicted octanol–water partition coefficient (Wildman–Crippen LogP) is 2.21. The summed E-state index contributed by atoms with van der Waals surface area (Å²) in [6, 6.07) is 1.76. The Morgan fingerprint density at radius 1 is 1.44 bits per heavy atom. The molecule has 96 valence electrons. The highest BCUT2D eigenvalue weighted by Crippen LogP contribution is 2.29. The summed E-state index contributed by atoms with van der Waals surface area (Å²) in [7, 11) is 0. The van der Waals surface area contributed by atoms with Crippen LogP contribution in [0.5, 0.6) is 0 Å². The van der Waals surface area contributed by atoms with E-state index in [1.165, 1.54) is 4.90 Å². The topological polar surface area (TPSA) is 58.7 Å². The van der Waals surface area contributed by atoms with Crippen molar-refractivity contribution in [2.24, 2.45) is 10.7 Å². The van der Waals surface area contributed by atoms with Crippen LogP contribution in [0.4, 0.5) is 13.6 Å². The van der Waals surface area contributed by atoms with E-state index in [4.69, 9.17) is 5.73 Å². The summed E-state index contributed by atoms with van der Waals surface area (Å²) >= 11 is 0. The lowest BCUT2D eigenvalue weighted by molar-refractivity contribution is 0.206. The molecule has 0 saturated heterocycles. The van der Waals surface area contributed by atoms with Crippen molar-refractivity contribution in [2.75, 3.05) is 6.54 Å². The van der Waals surface area contributed by atoms with E-state index in [1.807, 2.05) is 6.92 Å². The summed E-state index contributed by atoms with van der Waals surface area (Å²) in [5.74, 6) is -1.18. The Bertz CT molecular complexity index is 516. The van der Waals surface area contributed by atoms with Gasteiger partial charge in [-0.2, -0.15) is 4.99 Å². The van der Waals surface area contributed by atoms with E-state index in [1.54, 1.807) is 0 Å². The third kappa shape index (κ3) is 2.05. The number of nitrogens with zero attached hydrogens (tertiary/aromatic N) is 2. The summed E-state index contributed by atoms with van der Waals surface area (Å²) < 4.78 is 26.9. The molecule has 2 amide bonds. The molecule has 18 heavy (non-hydrogen) atoms. The summed E-state index contributed by atoms with van der Waals surface area (Å²) in [6.07, 6.45) is 0.683. The molecule has 0 saturated carbocycles. The monoisotopic (exact) mass is 253 g/mol. The molecular formula is C12H13F2N3O. The van der Waals surface area contributed by atoms with Gasteiger partial charge in [-0.15, -0.1) is 0 Å². The SMILES string of the molecule is CCCN1C(=O)N=C(N)C1c1cc(F)ccc1F. The van der Waals surface area contributed by atoms with E-state index < -0.39 is 23.7 Å². The van der Waals surface area contributed by atoms with Gasteiger partial charge in [0.15, 0.2) is 0 Å². The van der Waals surface area contributed by atoms with Crippen LogP contribution in [-0.2, 0) is 0 Å². The molecule has 1 aromatic rings. The number of benzene rings is 1. The van der Waals surface area contributed by atoms with Crippen LogP contribution < -0.4 is 5.73 Å². The molecule has 0 radical (unpaired) electrons. The number of halogens is 2. The van der Waals surface area contributed by atoms with Crippen LogP contribution in [0.25, 0.3) is 0 Å². The molecule has 0 spiro atoms. The molecule has 0 aromatic heterocycles. The zero-order chi connectivity index (χ0) is 13.3. The Morgan fingerprint density at radius 2 is 2.17 bits per heavy atom. The van der Waals surface area contributed by atoms with Gasteiger partial charge in [0.1, 0.15) is 23.5 Å². The fourth-order valence-corrected chi connectivity index (χ4v) is 2.02. The van der Waals surface area contributed by atoms with Gasteiger partial charge in [-0.05, 0) is 24.6 Å². The minimum atomic E-state index is -0.812. The van der Waals surface area contributed by atoms with Gasteiger partial charge in [0.25, 0.3) is 0 Å². The van der Waals surface area contributed by atoms with Gasteiger partial charge < -0.3 is 10.6 Å². The van der Waals surface area contributed by atoms with Gasteiger partial charge in [-0.25, -0.2) is 13.6 Å². The molecular weight excluding hydrogens is 240 g/mol. The lowest BCUT2D eigenvalue weighted by Gasteiger charge is -2.24. The third-order valence-corrected chi connectivity index (χ3v) is 2.78. The van der Waals surface area contributed by atoms with E-state index in [9.17, 15) is 13.6 Å². The van der Waals surface area contributed by atoms with Crippen LogP contribution >= 0.6 is 0 Å².